The van der Waals surface area contributed by atoms with E-state index >= 15 is 0 Å². The van der Waals surface area contributed by atoms with Gasteiger partial charge >= 0.3 is 0 Å². The number of nitrogens with one attached hydrogen (secondary N) is 1. The van der Waals surface area contributed by atoms with Crippen LogP contribution in [0.4, 0.5) is 14.5 Å². The van der Waals surface area contributed by atoms with Crippen LogP contribution in [-0.2, 0) is 4.74 Å². The Hall–Kier alpha value is -0.680. The van der Waals surface area contributed by atoms with Gasteiger partial charge in [0.05, 0.1) is 22.9 Å². The first-order valence-corrected chi connectivity index (χ1v) is 7.01. The third kappa shape index (κ3) is 3.08. The van der Waals surface area contributed by atoms with Crippen LogP contribution in [0.5, 0.6) is 0 Å². The zero-order valence-electron chi connectivity index (χ0n) is 11.5. The summed E-state index contributed by atoms with van der Waals surface area (Å²) in [5, 5.41) is 3.14. The van der Waals surface area contributed by atoms with Crippen molar-refractivity contribution in [2.24, 2.45) is 0 Å². The van der Waals surface area contributed by atoms with Gasteiger partial charge < -0.3 is 10.1 Å². The van der Waals surface area contributed by atoms with Crippen molar-refractivity contribution < 1.29 is 13.5 Å². The fourth-order valence-corrected chi connectivity index (χ4v) is 3.16. The molecule has 1 aromatic carbocycles. The lowest BCUT2D eigenvalue weighted by Crippen LogP contribution is -2.38. The van der Waals surface area contributed by atoms with Crippen LogP contribution in [0.1, 0.15) is 34.1 Å². The summed E-state index contributed by atoms with van der Waals surface area (Å²) in [4.78, 5) is 0. The molecule has 2 rings (SSSR count). The maximum atomic E-state index is 13.8. The normalized spacial score (nSPS) is 24.5. The molecule has 1 unspecified atom stereocenters. The summed E-state index contributed by atoms with van der Waals surface area (Å²) in [7, 11) is 0. The van der Waals surface area contributed by atoms with Gasteiger partial charge in [-0.3, -0.25) is 0 Å². The molecule has 1 aromatic rings. The lowest BCUT2D eigenvalue weighted by molar-refractivity contribution is -0.0662. The van der Waals surface area contributed by atoms with Crippen molar-refractivity contribution in [3.05, 3.63) is 28.2 Å². The zero-order chi connectivity index (χ0) is 14.4. The number of anilines is 1. The molecule has 0 radical (unpaired) electrons. The number of benzene rings is 1. The highest BCUT2D eigenvalue weighted by Gasteiger charge is 2.46. The Morgan fingerprint density at radius 2 is 1.89 bits per heavy atom. The Morgan fingerprint density at radius 1 is 1.26 bits per heavy atom. The van der Waals surface area contributed by atoms with Crippen molar-refractivity contribution in [2.75, 3.05) is 5.32 Å². The van der Waals surface area contributed by atoms with Crippen LogP contribution in [0.2, 0.25) is 0 Å². The molecule has 0 aromatic heterocycles. The molecule has 5 heteroatoms. The van der Waals surface area contributed by atoms with Crippen molar-refractivity contribution in [3.63, 3.8) is 0 Å². The van der Waals surface area contributed by atoms with E-state index in [0.717, 1.165) is 12.5 Å². The summed E-state index contributed by atoms with van der Waals surface area (Å²) in [6.07, 6.45) is 0.753. The third-order valence-corrected chi connectivity index (χ3v) is 4.03. The Morgan fingerprint density at radius 3 is 2.37 bits per heavy atom. The number of hydrogen-bond donors (Lipinski definition) is 1. The largest absolute Gasteiger partial charge is 0.376 e. The third-order valence-electron chi connectivity index (χ3n) is 3.40. The minimum Gasteiger partial charge on any atom is -0.376 e. The van der Waals surface area contributed by atoms with Gasteiger partial charge in [-0.05, 0) is 56.1 Å². The van der Waals surface area contributed by atoms with Gasteiger partial charge in [0.15, 0.2) is 0 Å². The molecule has 1 saturated heterocycles. The molecular weight excluding hydrogens is 316 g/mol. The quantitative estimate of drug-likeness (QED) is 0.861. The average Bonchev–Trinajstić information content (AvgIpc) is 2.39. The summed E-state index contributed by atoms with van der Waals surface area (Å²) in [5.74, 6) is -1.20. The second-order valence-electron chi connectivity index (χ2n) is 6.11. The van der Waals surface area contributed by atoms with E-state index in [-0.39, 0.29) is 17.3 Å². The highest BCUT2D eigenvalue weighted by Crippen LogP contribution is 2.40. The summed E-state index contributed by atoms with van der Waals surface area (Å²) in [6.45, 7) is 7.95. The Kier molecular flexibility index (Phi) is 3.64. The van der Waals surface area contributed by atoms with Crippen molar-refractivity contribution >= 4 is 21.6 Å². The maximum absolute atomic E-state index is 13.8. The molecule has 1 atom stereocenters. The number of halogens is 3. The first-order valence-electron chi connectivity index (χ1n) is 6.22. The van der Waals surface area contributed by atoms with Gasteiger partial charge in [-0.15, -0.1) is 0 Å². The van der Waals surface area contributed by atoms with Crippen molar-refractivity contribution in [2.45, 2.75) is 51.4 Å². The molecule has 1 heterocycles. The minimum absolute atomic E-state index is 0.0428. The Balaban J connectivity index is 2.27. The summed E-state index contributed by atoms with van der Waals surface area (Å²) in [6, 6.07) is 2.08. The minimum atomic E-state index is -0.604. The van der Waals surface area contributed by atoms with Crippen molar-refractivity contribution in [3.8, 4) is 0 Å². The van der Waals surface area contributed by atoms with Gasteiger partial charge in [0, 0.05) is 10.5 Å². The molecule has 1 aliphatic rings. The molecule has 2 nitrogen and oxygen atoms in total. The SMILES string of the molecule is CC1(C)CC(Nc2c(F)cc(F)cc2Br)C(C)(C)O1. The second kappa shape index (κ2) is 4.70. The Labute approximate surface area is 120 Å². The van der Waals surface area contributed by atoms with Gasteiger partial charge in [-0.2, -0.15) is 0 Å². The van der Waals surface area contributed by atoms with Crippen LogP contribution in [-0.4, -0.2) is 17.2 Å². The van der Waals surface area contributed by atoms with Gasteiger partial charge in [0.25, 0.3) is 0 Å². The fourth-order valence-electron chi connectivity index (χ4n) is 2.64. The second-order valence-corrected chi connectivity index (χ2v) is 6.97. The monoisotopic (exact) mass is 333 g/mol. The predicted octanol–water partition coefficient (Wildman–Crippen LogP) is 4.49. The van der Waals surface area contributed by atoms with Crippen molar-refractivity contribution in [1.29, 1.82) is 0 Å². The van der Waals surface area contributed by atoms with Gasteiger partial charge in [0.2, 0.25) is 0 Å². The van der Waals surface area contributed by atoms with E-state index in [0.29, 0.717) is 4.47 Å². The topological polar surface area (TPSA) is 21.3 Å². The van der Waals surface area contributed by atoms with E-state index in [4.69, 9.17) is 4.74 Å². The highest BCUT2D eigenvalue weighted by molar-refractivity contribution is 9.10. The predicted molar refractivity (Wildman–Crippen MR) is 75.3 cm³/mol. The maximum Gasteiger partial charge on any atom is 0.150 e. The molecular formula is C14H18BrF2NO. The van der Waals surface area contributed by atoms with Crippen LogP contribution >= 0.6 is 15.9 Å². The van der Waals surface area contributed by atoms with Crippen molar-refractivity contribution in [1.82, 2.24) is 0 Å². The smallest absolute Gasteiger partial charge is 0.150 e. The molecule has 0 bridgehead atoms. The van der Waals surface area contributed by atoms with Gasteiger partial charge in [0.1, 0.15) is 11.6 Å². The van der Waals surface area contributed by atoms with E-state index in [9.17, 15) is 8.78 Å². The summed E-state index contributed by atoms with van der Waals surface area (Å²) < 4.78 is 33.2. The molecule has 19 heavy (non-hydrogen) atoms. The van der Waals surface area contributed by atoms with Gasteiger partial charge in [-0.1, -0.05) is 0 Å². The van der Waals surface area contributed by atoms with Crippen LogP contribution in [0.25, 0.3) is 0 Å². The van der Waals surface area contributed by atoms with E-state index in [1.807, 2.05) is 27.7 Å². The standard InChI is InChI=1S/C14H18BrF2NO/c1-13(2)7-11(14(3,4)19-13)18-12-9(15)5-8(16)6-10(12)17/h5-6,11,18H,7H2,1-4H3. The molecule has 106 valence electrons. The summed E-state index contributed by atoms with van der Waals surface area (Å²) >= 11 is 3.19. The first kappa shape index (κ1) is 14.7. The van der Waals surface area contributed by atoms with E-state index in [1.54, 1.807) is 0 Å². The van der Waals surface area contributed by atoms with Crippen LogP contribution in [0.3, 0.4) is 0 Å². The molecule has 0 saturated carbocycles. The fraction of sp³-hybridized carbons (Fsp3) is 0.571. The van der Waals surface area contributed by atoms with Crippen LogP contribution in [0.15, 0.2) is 16.6 Å². The first-order chi connectivity index (χ1) is 8.61. The van der Waals surface area contributed by atoms with E-state index < -0.39 is 17.2 Å². The lowest BCUT2D eigenvalue weighted by Gasteiger charge is -2.28. The zero-order valence-corrected chi connectivity index (χ0v) is 13.1. The molecule has 1 fully saturated rings. The van der Waals surface area contributed by atoms with E-state index in [2.05, 4.69) is 21.2 Å². The average molecular weight is 334 g/mol. The Bertz CT molecular complexity index is 479. The highest BCUT2D eigenvalue weighted by atomic mass is 79.9. The molecule has 0 spiro atoms. The molecule has 0 amide bonds. The molecule has 1 N–H and O–H groups in total. The van der Waals surface area contributed by atoms with Crippen LogP contribution in [0, 0.1) is 11.6 Å². The lowest BCUT2D eigenvalue weighted by atomic mass is 9.94. The summed E-state index contributed by atoms with van der Waals surface area (Å²) in [5.41, 5.74) is -0.394. The molecule has 0 aliphatic carbocycles. The van der Waals surface area contributed by atoms with Gasteiger partial charge in [-0.25, -0.2) is 8.78 Å². The number of ether oxygens (including phenoxy) is 1. The number of rotatable bonds is 2. The molecule has 1 aliphatic heterocycles. The number of hydrogen-bond acceptors (Lipinski definition) is 2. The van der Waals surface area contributed by atoms with E-state index in [1.165, 1.54) is 6.07 Å². The van der Waals surface area contributed by atoms with Crippen LogP contribution < -0.4 is 5.32 Å².